The number of aromatic nitrogens is 1. The molecule has 0 aliphatic rings. The molecular weight excluding hydrogens is 274 g/mol. The van der Waals surface area contributed by atoms with Crippen molar-refractivity contribution in [2.45, 2.75) is 6.54 Å². The molecule has 0 saturated carbocycles. The number of rotatable bonds is 3. The van der Waals surface area contributed by atoms with Crippen molar-refractivity contribution >= 4 is 16.5 Å². The molecule has 0 spiro atoms. The first-order valence-corrected chi connectivity index (χ1v) is 6.89. The van der Waals surface area contributed by atoms with Gasteiger partial charge in [-0.15, -0.1) is 0 Å². The maximum atomic E-state index is 9.35. The summed E-state index contributed by atoms with van der Waals surface area (Å²) in [6.45, 7) is 0.393. The molecule has 0 aliphatic heterocycles. The predicted octanol–water partition coefficient (Wildman–Crippen LogP) is 2.88. The summed E-state index contributed by atoms with van der Waals surface area (Å²) < 4.78 is 1.82. The minimum atomic E-state index is 0.393. The molecule has 0 radical (unpaired) electrons. The topological polar surface area (TPSA) is 60.3 Å². The third-order valence-corrected chi connectivity index (χ3v) is 3.52. The van der Waals surface area contributed by atoms with Gasteiger partial charge in [-0.3, -0.25) is 0 Å². The fraction of sp³-hybridized carbons (Fsp3) is 0.0556. The number of nitrogens with zero attached hydrogens (tertiary/aromatic N) is 3. The van der Waals surface area contributed by atoms with E-state index < -0.39 is 0 Å². The first-order chi connectivity index (χ1) is 10.8. The van der Waals surface area contributed by atoms with Gasteiger partial charge in [0, 0.05) is 11.6 Å². The van der Waals surface area contributed by atoms with E-state index >= 15 is 0 Å². The van der Waals surface area contributed by atoms with Crippen molar-refractivity contribution < 1.29 is 9.77 Å². The standard InChI is InChI=1S/C18H13N3O/c19-11-14-4-3-9-21(12-14)13-18(20-22)17-8-7-15-5-1-2-6-16(15)10-17/h1-10,12H,13H2/p+1/b20-18-. The van der Waals surface area contributed by atoms with Crippen molar-refractivity contribution in [2.24, 2.45) is 5.16 Å². The fourth-order valence-electron chi connectivity index (χ4n) is 2.41. The lowest BCUT2D eigenvalue weighted by molar-refractivity contribution is -0.682. The Labute approximate surface area is 128 Å². The molecule has 0 unspecified atom stereocenters. The number of nitriles is 1. The van der Waals surface area contributed by atoms with Crippen molar-refractivity contribution in [3.8, 4) is 6.07 Å². The Hall–Kier alpha value is -3.19. The average Bonchev–Trinajstić information content (AvgIpc) is 2.59. The lowest BCUT2D eigenvalue weighted by Crippen LogP contribution is -2.37. The Kier molecular flexibility index (Phi) is 3.80. The SMILES string of the molecule is N#Cc1ccc[n+](C/C(=N/O)c2ccc3ccccc3c2)c1. The van der Waals surface area contributed by atoms with E-state index in [1.54, 1.807) is 18.3 Å². The zero-order valence-electron chi connectivity index (χ0n) is 11.8. The lowest BCUT2D eigenvalue weighted by atomic mass is 10.0. The van der Waals surface area contributed by atoms with Gasteiger partial charge in [-0.25, -0.2) is 0 Å². The number of hydrogen-bond acceptors (Lipinski definition) is 3. The van der Waals surface area contributed by atoms with Crippen LogP contribution in [-0.4, -0.2) is 10.9 Å². The summed E-state index contributed by atoms with van der Waals surface area (Å²) in [5.41, 5.74) is 1.97. The van der Waals surface area contributed by atoms with E-state index in [9.17, 15) is 5.21 Å². The molecule has 3 rings (SSSR count). The van der Waals surface area contributed by atoms with Crippen LogP contribution in [0.25, 0.3) is 10.8 Å². The molecular formula is C18H14N3O+. The Bertz CT molecular complexity index is 894. The summed E-state index contributed by atoms with van der Waals surface area (Å²) in [6, 6.07) is 19.6. The summed E-state index contributed by atoms with van der Waals surface area (Å²) in [5.74, 6) is 0. The highest BCUT2D eigenvalue weighted by atomic mass is 16.4. The Morgan fingerprint density at radius 1 is 1.09 bits per heavy atom. The summed E-state index contributed by atoms with van der Waals surface area (Å²) in [5, 5.41) is 24.0. The molecule has 3 aromatic rings. The molecule has 106 valence electrons. The molecule has 1 N–H and O–H groups in total. The van der Waals surface area contributed by atoms with Gasteiger partial charge in [-0.1, -0.05) is 41.6 Å². The monoisotopic (exact) mass is 288 g/mol. The molecule has 0 amide bonds. The van der Waals surface area contributed by atoms with Crippen LogP contribution in [0.3, 0.4) is 0 Å². The molecule has 4 nitrogen and oxygen atoms in total. The van der Waals surface area contributed by atoms with E-state index in [2.05, 4.69) is 11.2 Å². The molecule has 1 aromatic heterocycles. The minimum Gasteiger partial charge on any atom is -0.410 e. The quantitative estimate of drug-likeness (QED) is 0.349. The van der Waals surface area contributed by atoms with Gasteiger partial charge in [0.05, 0.1) is 0 Å². The van der Waals surface area contributed by atoms with Crippen LogP contribution in [-0.2, 0) is 6.54 Å². The van der Waals surface area contributed by atoms with Crippen LogP contribution < -0.4 is 4.57 Å². The Balaban J connectivity index is 1.94. The number of oxime groups is 1. The summed E-state index contributed by atoms with van der Waals surface area (Å²) in [7, 11) is 0. The second kappa shape index (κ2) is 6.06. The first-order valence-electron chi connectivity index (χ1n) is 6.89. The second-order valence-corrected chi connectivity index (χ2v) is 4.99. The van der Waals surface area contributed by atoms with Crippen LogP contribution in [0, 0.1) is 11.3 Å². The highest BCUT2D eigenvalue weighted by molar-refractivity contribution is 6.02. The smallest absolute Gasteiger partial charge is 0.194 e. The normalized spacial score (nSPS) is 11.3. The van der Waals surface area contributed by atoms with E-state index in [1.165, 1.54) is 0 Å². The van der Waals surface area contributed by atoms with Gasteiger partial charge in [0.1, 0.15) is 11.6 Å². The third kappa shape index (κ3) is 2.79. The molecule has 0 fully saturated rings. The predicted molar refractivity (Wildman–Crippen MR) is 83.6 cm³/mol. The van der Waals surface area contributed by atoms with Crippen LogP contribution in [0.1, 0.15) is 11.1 Å². The first kappa shape index (κ1) is 13.8. The van der Waals surface area contributed by atoms with Gasteiger partial charge in [0.2, 0.25) is 0 Å². The molecule has 0 saturated heterocycles. The molecule has 1 heterocycles. The van der Waals surface area contributed by atoms with Crippen molar-refractivity contribution in [1.29, 1.82) is 5.26 Å². The molecule has 0 aliphatic carbocycles. The van der Waals surface area contributed by atoms with Gasteiger partial charge in [0.15, 0.2) is 24.7 Å². The molecule has 0 bridgehead atoms. The van der Waals surface area contributed by atoms with Crippen molar-refractivity contribution in [1.82, 2.24) is 0 Å². The van der Waals surface area contributed by atoms with Gasteiger partial charge in [-0.05, 0) is 22.9 Å². The van der Waals surface area contributed by atoms with Gasteiger partial charge >= 0.3 is 0 Å². The minimum absolute atomic E-state index is 0.393. The molecule has 4 heteroatoms. The average molecular weight is 288 g/mol. The summed E-state index contributed by atoms with van der Waals surface area (Å²) in [4.78, 5) is 0. The van der Waals surface area contributed by atoms with Gasteiger partial charge in [0.25, 0.3) is 0 Å². The number of pyridine rings is 1. The summed E-state index contributed by atoms with van der Waals surface area (Å²) in [6.07, 6.45) is 3.57. The maximum absolute atomic E-state index is 9.35. The molecule has 22 heavy (non-hydrogen) atoms. The fourth-order valence-corrected chi connectivity index (χ4v) is 2.41. The van der Waals surface area contributed by atoms with E-state index in [0.29, 0.717) is 17.8 Å². The maximum Gasteiger partial charge on any atom is 0.194 e. The van der Waals surface area contributed by atoms with Crippen molar-refractivity contribution in [2.75, 3.05) is 0 Å². The van der Waals surface area contributed by atoms with E-state index in [-0.39, 0.29) is 0 Å². The highest BCUT2D eigenvalue weighted by Crippen LogP contribution is 2.16. The summed E-state index contributed by atoms with van der Waals surface area (Å²) >= 11 is 0. The largest absolute Gasteiger partial charge is 0.410 e. The van der Waals surface area contributed by atoms with Crippen LogP contribution in [0.4, 0.5) is 0 Å². The Morgan fingerprint density at radius 2 is 1.91 bits per heavy atom. The van der Waals surface area contributed by atoms with Crippen LogP contribution in [0.2, 0.25) is 0 Å². The number of fused-ring (bicyclic) bond motifs is 1. The highest BCUT2D eigenvalue weighted by Gasteiger charge is 2.12. The number of hydrogen-bond donors (Lipinski definition) is 1. The van der Waals surface area contributed by atoms with E-state index in [0.717, 1.165) is 16.3 Å². The third-order valence-electron chi connectivity index (χ3n) is 3.52. The zero-order valence-corrected chi connectivity index (χ0v) is 11.8. The van der Waals surface area contributed by atoms with Crippen molar-refractivity contribution in [3.63, 3.8) is 0 Å². The number of benzene rings is 2. The van der Waals surface area contributed by atoms with E-state index in [4.69, 9.17) is 5.26 Å². The lowest BCUT2D eigenvalue weighted by Gasteiger charge is -2.04. The Morgan fingerprint density at radius 3 is 2.68 bits per heavy atom. The van der Waals surface area contributed by atoms with Crippen molar-refractivity contribution in [3.05, 3.63) is 78.1 Å². The molecule has 2 aromatic carbocycles. The molecule has 0 atom stereocenters. The van der Waals surface area contributed by atoms with Gasteiger partial charge < -0.3 is 5.21 Å². The van der Waals surface area contributed by atoms with E-state index in [1.807, 2.05) is 53.2 Å². The van der Waals surface area contributed by atoms with Gasteiger partial charge in [-0.2, -0.15) is 9.83 Å². The van der Waals surface area contributed by atoms with Crippen LogP contribution in [0.5, 0.6) is 0 Å². The van der Waals surface area contributed by atoms with Crippen LogP contribution in [0.15, 0.2) is 72.1 Å². The van der Waals surface area contributed by atoms with Crippen LogP contribution >= 0.6 is 0 Å². The zero-order chi connectivity index (χ0) is 15.4. The second-order valence-electron chi connectivity index (χ2n) is 4.99.